The second-order valence-electron chi connectivity index (χ2n) is 3.01. The average molecular weight is 210 g/mol. The molecule has 0 radical (unpaired) electrons. The van der Waals surface area contributed by atoms with E-state index >= 15 is 0 Å². The molecule has 0 saturated carbocycles. The Bertz CT molecular complexity index is 322. The molecular weight excluding hydrogens is 196 g/mol. The molecule has 1 aromatic rings. The Morgan fingerprint density at radius 2 is 2.00 bits per heavy atom. The maximum Gasteiger partial charge on any atom is 0.424 e. The SMILES string of the molecule is COc1ccc(COC(=O)N(C)N)cc1. The topological polar surface area (TPSA) is 64.8 Å². The highest BCUT2D eigenvalue weighted by Gasteiger charge is 2.05. The molecule has 0 aliphatic rings. The van der Waals surface area contributed by atoms with Crippen molar-refractivity contribution in [3.8, 4) is 5.75 Å². The quantitative estimate of drug-likeness (QED) is 0.461. The summed E-state index contributed by atoms with van der Waals surface area (Å²) < 4.78 is 9.88. The third-order valence-corrected chi connectivity index (χ3v) is 1.81. The summed E-state index contributed by atoms with van der Waals surface area (Å²) in [6.07, 6.45) is -0.564. The number of amides is 1. The summed E-state index contributed by atoms with van der Waals surface area (Å²) in [5, 5.41) is 0.892. The highest BCUT2D eigenvalue weighted by atomic mass is 16.6. The van der Waals surface area contributed by atoms with Crippen molar-refractivity contribution in [2.75, 3.05) is 14.2 Å². The van der Waals surface area contributed by atoms with Crippen LogP contribution in [0.15, 0.2) is 24.3 Å². The maximum absolute atomic E-state index is 11.0. The lowest BCUT2D eigenvalue weighted by Gasteiger charge is -2.10. The molecule has 0 saturated heterocycles. The summed E-state index contributed by atoms with van der Waals surface area (Å²) in [4.78, 5) is 11.0. The number of benzene rings is 1. The van der Waals surface area contributed by atoms with Gasteiger partial charge < -0.3 is 9.47 Å². The fraction of sp³-hybridized carbons (Fsp3) is 0.300. The molecule has 0 spiro atoms. The molecule has 15 heavy (non-hydrogen) atoms. The van der Waals surface area contributed by atoms with E-state index in [1.165, 1.54) is 7.05 Å². The summed E-state index contributed by atoms with van der Waals surface area (Å²) in [6.45, 7) is 0.199. The van der Waals surface area contributed by atoms with Crippen molar-refractivity contribution in [1.29, 1.82) is 0 Å². The van der Waals surface area contributed by atoms with Crippen molar-refractivity contribution in [3.05, 3.63) is 29.8 Å². The van der Waals surface area contributed by atoms with Gasteiger partial charge in [-0.2, -0.15) is 0 Å². The Kier molecular flexibility index (Phi) is 3.93. The summed E-state index contributed by atoms with van der Waals surface area (Å²) in [6, 6.07) is 7.25. The van der Waals surface area contributed by atoms with Crippen LogP contribution in [0.1, 0.15) is 5.56 Å². The predicted octanol–water partition coefficient (Wildman–Crippen LogP) is 1.14. The van der Waals surface area contributed by atoms with Crippen LogP contribution in [0.2, 0.25) is 0 Å². The van der Waals surface area contributed by atoms with Crippen LogP contribution in [0.3, 0.4) is 0 Å². The van der Waals surface area contributed by atoms with Gasteiger partial charge in [-0.05, 0) is 17.7 Å². The fourth-order valence-electron chi connectivity index (χ4n) is 0.969. The average Bonchev–Trinajstić information content (AvgIpc) is 2.26. The Balaban J connectivity index is 2.47. The van der Waals surface area contributed by atoms with E-state index in [0.29, 0.717) is 0 Å². The lowest BCUT2D eigenvalue weighted by Crippen LogP contribution is -2.33. The number of ether oxygens (including phenoxy) is 2. The molecule has 1 amide bonds. The van der Waals surface area contributed by atoms with Gasteiger partial charge in [-0.3, -0.25) is 0 Å². The molecule has 2 N–H and O–H groups in total. The number of hydrogen-bond donors (Lipinski definition) is 1. The second-order valence-corrected chi connectivity index (χ2v) is 3.01. The first kappa shape index (κ1) is 11.3. The molecule has 5 nitrogen and oxygen atoms in total. The van der Waals surface area contributed by atoms with E-state index in [-0.39, 0.29) is 6.61 Å². The van der Waals surface area contributed by atoms with Crippen LogP contribution in [-0.2, 0) is 11.3 Å². The van der Waals surface area contributed by atoms with Crippen molar-refractivity contribution in [1.82, 2.24) is 5.01 Å². The molecule has 0 aliphatic carbocycles. The molecule has 0 aromatic heterocycles. The van der Waals surface area contributed by atoms with Crippen LogP contribution in [-0.4, -0.2) is 25.3 Å². The smallest absolute Gasteiger partial charge is 0.424 e. The number of rotatable bonds is 3. The largest absolute Gasteiger partial charge is 0.497 e. The molecule has 0 atom stereocenters. The molecule has 0 bridgehead atoms. The van der Waals surface area contributed by atoms with E-state index < -0.39 is 6.09 Å². The van der Waals surface area contributed by atoms with Crippen LogP contribution < -0.4 is 10.6 Å². The first-order chi connectivity index (χ1) is 7.13. The minimum absolute atomic E-state index is 0.199. The summed E-state index contributed by atoms with van der Waals surface area (Å²) >= 11 is 0. The zero-order valence-electron chi connectivity index (χ0n) is 8.77. The number of nitrogens with two attached hydrogens (primary N) is 1. The summed E-state index contributed by atoms with van der Waals surface area (Å²) in [7, 11) is 3.02. The number of methoxy groups -OCH3 is 1. The van der Waals surface area contributed by atoms with Gasteiger partial charge in [0.25, 0.3) is 0 Å². The number of hydrazine groups is 1. The zero-order valence-corrected chi connectivity index (χ0v) is 8.77. The van der Waals surface area contributed by atoms with Crippen LogP contribution in [0.25, 0.3) is 0 Å². The van der Waals surface area contributed by atoms with E-state index in [1.807, 2.05) is 12.1 Å². The van der Waals surface area contributed by atoms with Crippen molar-refractivity contribution in [3.63, 3.8) is 0 Å². The van der Waals surface area contributed by atoms with Gasteiger partial charge in [0.1, 0.15) is 12.4 Å². The molecule has 0 heterocycles. The Hall–Kier alpha value is -1.75. The molecule has 0 aliphatic heterocycles. The minimum Gasteiger partial charge on any atom is -0.497 e. The maximum atomic E-state index is 11.0. The highest BCUT2D eigenvalue weighted by molar-refractivity contribution is 5.66. The van der Waals surface area contributed by atoms with Crippen LogP contribution in [0, 0.1) is 0 Å². The van der Waals surface area contributed by atoms with Gasteiger partial charge in [0, 0.05) is 7.05 Å². The Labute approximate surface area is 88.3 Å². The van der Waals surface area contributed by atoms with E-state index in [9.17, 15) is 4.79 Å². The molecule has 1 rings (SSSR count). The zero-order chi connectivity index (χ0) is 11.3. The van der Waals surface area contributed by atoms with Crippen molar-refractivity contribution in [2.45, 2.75) is 6.61 Å². The Morgan fingerprint density at radius 1 is 1.40 bits per heavy atom. The third-order valence-electron chi connectivity index (χ3n) is 1.81. The lowest BCUT2D eigenvalue weighted by atomic mass is 10.2. The predicted molar refractivity (Wildman–Crippen MR) is 55.1 cm³/mol. The van der Waals surface area contributed by atoms with Gasteiger partial charge in [-0.15, -0.1) is 0 Å². The van der Waals surface area contributed by atoms with Gasteiger partial charge in [0.05, 0.1) is 7.11 Å². The van der Waals surface area contributed by atoms with Gasteiger partial charge in [-0.1, -0.05) is 12.1 Å². The third kappa shape index (κ3) is 3.47. The van der Waals surface area contributed by atoms with Crippen molar-refractivity contribution in [2.24, 2.45) is 5.84 Å². The van der Waals surface area contributed by atoms with E-state index in [4.69, 9.17) is 15.3 Å². The van der Waals surface area contributed by atoms with Crippen LogP contribution in [0.5, 0.6) is 5.75 Å². The lowest BCUT2D eigenvalue weighted by molar-refractivity contribution is 0.105. The standard InChI is InChI=1S/C10H14N2O3/c1-12(11)10(13)15-7-8-3-5-9(14-2)6-4-8/h3-6H,7,11H2,1-2H3. The number of carbonyl (C=O) groups excluding carboxylic acids is 1. The minimum atomic E-state index is -0.564. The van der Waals surface area contributed by atoms with Gasteiger partial charge in [0.15, 0.2) is 0 Å². The first-order valence-electron chi connectivity index (χ1n) is 4.41. The summed E-state index contributed by atoms with van der Waals surface area (Å²) in [5.41, 5.74) is 0.881. The molecule has 1 aromatic carbocycles. The molecule has 5 heteroatoms. The Morgan fingerprint density at radius 3 is 2.47 bits per heavy atom. The van der Waals surface area contributed by atoms with E-state index in [2.05, 4.69) is 0 Å². The fourth-order valence-corrected chi connectivity index (χ4v) is 0.969. The molecule has 0 unspecified atom stereocenters. The first-order valence-corrected chi connectivity index (χ1v) is 4.41. The number of nitrogens with zero attached hydrogens (tertiary/aromatic N) is 1. The number of carbonyl (C=O) groups is 1. The molecule has 0 fully saturated rings. The van der Waals surface area contributed by atoms with Crippen molar-refractivity contribution >= 4 is 6.09 Å². The number of hydrogen-bond acceptors (Lipinski definition) is 4. The van der Waals surface area contributed by atoms with E-state index in [1.54, 1.807) is 19.2 Å². The van der Waals surface area contributed by atoms with E-state index in [0.717, 1.165) is 16.3 Å². The monoisotopic (exact) mass is 210 g/mol. The van der Waals surface area contributed by atoms with Gasteiger partial charge in [0.2, 0.25) is 0 Å². The molecular formula is C10H14N2O3. The normalized spacial score (nSPS) is 9.53. The van der Waals surface area contributed by atoms with Crippen LogP contribution in [0.4, 0.5) is 4.79 Å². The highest BCUT2D eigenvalue weighted by Crippen LogP contribution is 2.11. The van der Waals surface area contributed by atoms with Crippen LogP contribution >= 0.6 is 0 Å². The van der Waals surface area contributed by atoms with Crippen molar-refractivity contribution < 1.29 is 14.3 Å². The van der Waals surface area contributed by atoms with Gasteiger partial charge in [-0.25, -0.2) is 15.6 Å². The molecule has 82 valence electrons. The van der Waals surface area contributed by atoms with Gasteiger partial charge >= 0.3 is 6.09 Å². The second kappa shape index (κ2) is 5.21. The summed E-state index contributed by atoms with van der Waals surface area (Å²) in [5.74, 6) is 5.95.